The monoisotopic (exact) mass is 319 g/mol. The smallest absolute Gasteiger partial charge is 0.244 e. The number of methoxy groups -OCH3 is 1. The van der Waals surface area contributed by atoms with Gasteiger partial charge in [-0.3, -0.25) is 24.1 Å². The van der Waals surface area contributed by atoms with Gasteiger partial charge in [0.15, 0.2) is 0 Å². The van der Waals surface area contributed by atoms with Gasteiger partial charge in [0.2, 0.25) is 23.6 Å². The highest BCUT2D eigenvalue weighted by molar-refractivity contribution is 6.06. The third-order valence-corrected chi connectivity index (χ3v) is 3.25. The number of likely N-dealkylation sites (tertiary alicyclic amines) is 1. The first-order valence-electron chi connectivity index (χ1n) is 6.99. The van der Waals surface area contributed by atoms with Crippen LogP contribution in [0.4, 0.5) is 11.4 Å². The standard InChI is InChI=1S/C15H17N3O5/c1-9(19)16-10-3-4-12(23-2)11(7-10)17-13(20)8-18-14(21)5-6-15(18)22/h3-4,7H,5-6,8H2,1-2H3,(H,16,19)(H,17,20). The molecule has 8 nitrogen and oxygen atoms in total. The van der Waals surface area contributed by atoms with Gasteiger partial charge in [-0.2, -0.15) is 0 Å². The van der Waals surface area contributed by atoms with Crippen molar-refractivity contribution in [3.8, 4) is 5.75 Å². The minimum atomic E-state index is -0.521. The number of carbonyl (C=O) groups excluding carboxylic acids is 4. The van der Waals surface area contributed by atoms with Gasteiger partial charge in [-0.15, -0.1) is 0 Å². The van der Waals surface area contributed by atoms with Crippen molar-refractivity contribution >= 4 is 35.0 Å². The Bertz CT molecular complexity index is 655. The molecule has 0 saturated carbocycles. The summed E-state index contributed by atoms with van der Waals surface area (Å²) in [6.07, 6.45) is 0.265. The Balaban J connectivity index is 2.11. The molecule has 0 atom stereocenters. The highest BCUT2D eigenvalue weighted by atomic mass is 16.5. The number of imide groups is 1. The number of hydrogen-bond acceptors (Lipinski definition) is 5. The predicted molar refractivity (Wildman–Crippen MR) is 81.9 cm³/mol. The van der Waals surface area contributed by atoms with Gasteiger partial charge >= 0.3 is 0 Å². The van der Waals surface area contributed by atoms with Gasteiger partial charge in [0, 0.05) is 25.5 Å². The molecule has 0 aromatic heterocycles. The number of benzene rings is 1. The van der Waals surface area contributed by atoms with Crippen LogP contribution in [0, 0.1) is 0 Å². The second-order valence-electron chi connectivity index (χ2n) is 5.02. The molecule has 1 aliphatic heterocycles. The summed E-state index contributed by atoms with van der Waals surface area (Å²) in [5, 5.41) is 5.17. The van der Waals surface area contributed by atoms with E-state index in [1.54, 1.807) is 12.1 Å². The van der Waals surface area contributed by atoms with E-state index < -0.39 is 5.91 Å². The van der Waals surface area contributed by atoms with Gasteiger partial charge in [0.1, 0.15) is 12.3 Å². The molecule has 1 saturated heterocycles. The van der Waals surface area contributed by atoms with Crippen molar-refractivity contribution in [2.75, 3.05) is 24.3 Å². The fourth-order valence-corrected chi connectivity index (χ4v) is 2.22. The number of amides is 4. The Kier molecular flexibility index (Phi) is 4.95. The summed E-state index contributed by atoms with van der Waals surface area (Å²) in [6.45, 7) is 1.03. The third-order valence-electron chi connectivity index (χ3n) is 3.25. The topological polar surface area (TPSA) is 105 Å². The van der Waals surface area contributed by atoms with Crippen LogP contribution in [0.25, 0.3) is 0 Å². The number of nitrogens with one attached hydrogen (secondary N) is 2. The first-order valence-corrected chi connectivity index (χ1v) is 6.99. The summed E-state index contributed by atoms with van der Waals surface area (Å²) in [4.78, 5) is 47.1. The second kappa shape index (κ2) is 6.91. The molecule has 1 aromatic carbocycles. The Labute approximate surface area is 132 Å². The lowest BCUT2D eigenvalue weighted by Crippen LogP contribution is -2.36. The molecule has 1 fully saturated rings. The molecule has 1 heterocycles. The van der Waals surface area contributed by atoms with Crippen molar-refractivity contribution in [3.63, 3.8) is 0 Å². The molecule has 23 heavy (non-hydrogen) atoms. The number of carbonyl (C=O) groups is 4. The summed E-state index contributed by atoms with van der Waals surface area (Å²) >= 11 is 0. The van der Waals surface area contributed by atoms with Crippen molar-refractivity contribution in [3.05, 3.63) is 18.2 Å². The molecule has 0 unspecified atom stereocenters. The minimum absolute atomic E-state index is 0.132. The Hall–Kier alpha value is -2.90. The second-order valence-corrected chi connectivity index (χ2v) is 5.02. The van der Waals surface area contributed by atoms with Gasteiger partial charge < -0.3 is 15.4 Å². The highest BCUT2D eigenvalue weighted by Crippen LogP contribution is 2.28. The van der Waals surface area contributed by atoms with E-state index in [9.17, 15) is 19.2 Å². The van der Waals surface area contributed by atoms with Crippen LogP contribution in [0.1, 0.15) is 19.8 Å². The van der Waals surface area contributed by atoms with E-state index in [-0.39, 0.29) is 37.1 Å². The van der Waals surface area contributed by atoms with Crippen molar-refractivity contribution in [1.29, 1.82) is 0 Å². The van der Waals surface area contributed by atoms with Crippen LogP contribution in [0.2, 0.25) is 0 Å². The van der Waals surface area contributed by atoms with Crippen LogP contribution in [-0.4, -0.2) is 42.2 Å². The summed E-state index contributed by atoms with van der Waals surface area (Å²) in [5.74, 6) is -1.09. The number of anilines is 2. The van der Waals surface area contributed by atoms with E-state index in [1.807, 2.05) is 0 Å². The van der Waals surface area contributed by atoms with E-state index in [4.69, 9.17) is 4.74 Å². The van der Waals surface area contributed by atoms with Crippen LogP contribution < -0.4 is 15.4 Å². The zero-order valence-electron chi connectivity index (χ0n) is 12.8. The van der Waals surface area contributed by atoms with Crippen LogP contribution in [0.5, 0.6) is 5.75 Å². The van der Waals surface area contributed by atoms with Crippen LogP contribution >= 0.6 is 0 Å². The molecule has 122 valence electrons. The first kappa shape index (κ1) is 16.5. The summed E-state index contributed by atoms with van der Waals surface area (Å²) in [7, 11) is 1.44. The van der Waals surface area contributed by atoms with Crippen molar-refractivity contribution in [2.24, 2.45) is 0 Å². The summed E-state index contributed by atoms with van der Waals surface area (Å²) < 4.78 is 5.14. The first-order chi connectivity index (χ1) is 10.9. The zero-order valence-corrected chi connectivity index (χ0v) is 12.8. The Morgan fingerprint density at radius 3 is 2.39 bits per heavy atom. The van der Waals surface area contributed by atoms with Gasteiger partial charge in [-0.1, -0.05) is 0 Å². The third kappa shape index (κ3) is 4.06. The molecule has 0 bridgehead atoms. The molecule has 0 aliphatic carbocycles. The maximum absolute atomic E-state index is 12.1. The van der Waals surface area contributed by atoms with Crippen molar-refractivity contribution in [2.45, 2.75) is 19.8 Å². The molecule has 1 aliphatic rings. The zero-order chi connectivity index (χ0) is 17.0. The van der Waals surface area contributed by atoms with Gasteiger partial charge in [-0.25, -0.2) is 0 Å². The van der Waals surface area contributed by atoms with Crippen molar-refractivity contribution < 1.29 is 23.9 Å². The van der Waals surface area contributed by atoms with Crippen LogP contribution in [0.3, 0.4) is 0 Å². The minimum Gasteiger partial charge on any atom is -0.495 e. The normalized spacial score (nSPS) is 13.9. The van der Waals surface area contributed by atoms with Crippen LogP contribution in [0.15, 0.2) is 18.2 Å². The largest absolute Gasteiger partial charge is 0.495 e. The molecular weight excluding hydrogens is 302 g/mol. The van der Waals surface area contributed by atoms with E-state index >= 15 is 0 Å². The maximum atomic E-state index is 12.1. The molecule has 2 rings (SSSR count). The molecule has 4 amide bonds. The number of ether oxygens (including phenoxy) is 1. The van der Waals surface area contributed by atoms with Crippen LogP contribution in [-0.2, 0) is 19.2 Å². The number of nitrogens with zero attached hydrogens (tertiary/aromatic N) is 1. The SMILES string of the molecule is COc1ccc(NC(C)=O)cc1NC(=O)CN1C(=O)CCC1=O. The molecule has 0 spiro atoms. The van der Waals surface area contributed by atoms with E-state index in [2.05, 4.69) is 10.6 Å². The fraction of sp³-hybridized carbons (Fsp3) is 0.333. The van der Waals surface area contributed by atoms with E-state index in [0.29, 0.717) is 17.1 Å². The van der Waals surface area contributed by atoms with Crippen molar-refractivity contribution in [1.82, 2.24) is 4.90 Å². The molecular formula is C15H17N3O5. The lowest BCUT2D eigenvalue weighted by atomic mass is 10.2. The lowest BCUT2D eigenvalue weighted by Gasteiger charge is -2.15. The van der Waals surface area contributed by atoms with Gasteiger partial charge in [0.05, 0.1) is 12.8 Å². The molecule has 8 heteroatoms. The predicted octanol–water partition coefficient (Wildman–Crippen LogP) is 0.741. The Morgan fingerprint density at radius 2 is 1.83 bits per heavy atom. The van der Waals surface area contributed by atoms with E-state index in [1.165, 1.54) is 20.1 Å². The molecule has 0 radical (unpaired) electrons. The quantitative estimate of drug-likeness (QED) is 0.779. The fourth-order valence-electron chi connectivity index (χ4n) is 2.22. The molecule has 2 N–H and O–H groups in total. The Morgan fingerprint density at radius 1 is 1.17 bits per heavy atom. The number of hydrogen-bond donors (Lipinski definition) is 2. The highest BCUT2D eigenvalue weighted by Gasteiger charge is 2.30. The van der Waals surface area contributed by atoms with Gasteiger partial charge in [-0.05, 0) is 18.2 Å². The average Bonchev–Trinajstić information content (AvgIpc) is 2.79. The summed E-state index contributed by atoms with van der Waals surface area (Å²) in [5.41, 5.74) is 0.824. The van der Waals surface area contributed by atoms with Gasteiger partial charge in [0.25, 0.3) is 0 Å². The summed E-state index contributed by atoms with van der Waals surface area (Å²) in [6, 6.07) is 4.75. The molecule has 1 aromatic rings. The average molecular weight is 319 g/mol. The van der Waals surface area contributed by atoms with E-state index in [0.717, 1.165) is 4.90 Å². The number of rotatable bonds is 5. The lowest BCUT2D eigenvalue weighted by molar-refractivity contribution is -0.141. The maximum Gasteiger partial charge on any atom is 0.244 e.